The predicted molar refractivity (Wildman–Crippen MR) is 239 cm³/mol. The number of allylic oxidation sites excluding steroid dienone is 2. The number of nitrogens with two attached hydrogens (primary N) is 1. The summed E-state index contributed by atoms with van der Waals surface area (Å²) in [5.74, 6) is -5.51. The number of likely N-dealkylation sites (N-methyl/N-ethyl adjacent to an activating group) is 1. The van der Waals surface area contributed by atoms with Crippen LogP contribution in [0, 0.1) is 29.6 Å². The summed E-state index contributed by atoms with van der Waals surface area (Å²) >= 11 is 0. The quantitative estimate of drug-likeness (QED) is 0.0952. The van der Waals surface area contributed by atoms with E-state index in [-0.39, 0.29) is 43.7 Å². The molecular weight excluding hydrogens is 827 g/mol. The zero-order valence-electron chi connectivity index (χ0n) is 40.3. The number of aliphatic hydroxyl groups excluding tert-OH is 1. The van der Waals surface area contributed by atoms with E-state index < -0.39 is 102 Å². The van der Waals surface area contributed by atoms with Gasteiger partial charge >= 0.3 is 18.0 Å². The molecule has 2 aliphatic rings. The minimum atomic E-state index is -1.75. The minimum Gasteiger partial charge on any atom is -0.461 e. The highest BCUT2D eigenvalue weighted by Gasteiger charge is 2.54. The van der Waals surface area contributed by atoms with Crippen LogP contribution in [0.25, 0.3) is 6.08 Å². The Labute approximate surface area is 379 Å². The van der Waals surface area contributed by atoms with E-state index >= 15 is 0 Å². The number of alkyl carbamates (subject to hydrolysis) is 1. The monoisotopic (exact) mass is 902 g/mol. The van der Waals surface area contributed by atoms with Crippen LogP contribution in [-0.4, -0.2) is 131 Å². The normalized spacial score (nSPS) is 34.7. The third-order valence-electron chi connectivity index (χ3n) is 12.6. The summed E-state index contributed by atoms with van der Waals surface area (Å²) in [6.07, 6.45) is 3.54. The van der Waals surface area contributed by atoms with Crippen LogP contribution in [0.5, 0.6) is 0 Å². The average molecular weight is 902 g/mol. The van der Waals surface area contributed by atoms with Crippen molar-refractivity contribution in [3.8, 4) is 0 Å². The summed E-state index contributed by atoms with van der Waals surface area (Å²) in [5.41, 5.74) is 4.18. The molecule has 0 aliphatic carbocycles. The molecule has 17 heteroatoms. The molecule has 14 atom stereocenters. The number of nitrogens with one attached hydrogen (secondary N) is 1. The first-order chi connectivity index (χ1) is 29.9. The Morgan fingerprint density at radius 2 is 1.69 bits per heavy atom. The molecule has 0 radical (unpaired) electrons. The third-order valence-corrected chi connectivity index (χ3v) is 12.6. The third kappa shape index (κ3) is 13.6. The number of ether oxygens (including phenoxy) is 6. The first-order valence-corrected chi connectivity index (χ1v) is 22.5. The minimum absolute atomic E-state index is 0.0430. The number of amides is 1. The van der Waals surface area contributed by atoms with Gasteiger partial charge in [0.1, 0.15) is 41.6 Å². The maximum atomic E-state index is 14.5. The number of ketones is 1. The number of cyclic esters (lactones) is 1. The fourth-order valence-corrected chi connectivity index (χ4v) is 8.67. The largest absolute Gasteiger partial charge is 0.461 e. The van der Waals surface area contributed by atoms with Gasteiger partial charge in [-0.05, 0) is 61.1 Å². The number of aromatic nitrogens is 2. The predicted octanol–water partition coefficient (Wildman–Crippen LogP) is 5.13. The molecule has 2 aliphatic heterocycles. The van der Waals surface area contributed by atoms with E-state index in [0.717, 1.165) is 11.4 Å². The fraction of sp³-hybridized carbons (Fsp3) is 0.723. The van der Waals surface area contributed by atoms with Gasteiger partial charge in [0.05, 0.1) is 24.0 Å². The Morgan fingerprint density at radius 1 is 1.05 bits per heavy atom. The van der Waals surface area contributed by atoms with E-state index in [1.54, 1.807) is 79.1 Å². The molecule has 3 rings (SSSR count). The van der Waals surface area contributed by atoms with Gasteiger partial charge in [0.2, 0.25) is 0 Å². The lowest BCUT2D eigenvalue weighted by Gasteiger charge is -2.48. The van der Waals surface area contributed by atoms with Crippen molar-refractivity contribution in [1.82, 2.24) is 20.2 Å². The van der Waals surface area contributed by atoms with Crippen LogP contribution in [0.1, 0.15) is 120 Å². The van der Waals surface area contributed by atoms with Crippen molar-refractivity contribution in [1.29, 1.82) is 0 Å². The maximum Gasteiger partial charge on any atom is 0.408 e. The van der Waals surface area contributed by atoms with Crippen LogP contribution in [0.15, 0.2) is 30.6 Å². The molecule has 0 bridgehead atoms. The van der Waals surface area contributed by atoms with Gasteiger partial charge in [0, 0.05) is 54.2 Å². The lowest BCUT2D eigenvalue weighted by atomic mass is 9.73. The van der Waals surface area contributed by atoms with Crippen molar-refractivity contribution in [3.63, 3.8) is 0 Å². The highest BCUT2D eigenvalue weighted by Crippen LogP contribution is 2.41. The van der Waals surface area contributed by atoms with Gasteiger partial charge in [-0.2, -0.15) is 0 Å². The number of aliphatic hydroxyl groups is 1. The summed E-state index contributed by atoms with van der Waals surface area (Å²) in [5, 5.41) is 14.5. The second-order valence-electron chi connectivity index (χ2n) is 18.8. The number of Topliss-reactive ketones (excluding diaryl/α,β-unsaturated/α-hetero) is 1. The van der Waals surface area contributed by atoms with E-state index in [4.69, 9.17) is 34.2 Å². The molecular formula is C47H75N5O12. The molecule has 17 nitrogen and oxygen atoms in total. The fourth-order valence-electron chi connectivity index (χ4n) is 8.67. The molecule has 2 saturated heterocycles. The number of carbonyl (C=O) groups is 5. The topological polar surface area (TPSA) is 228 Å². The molecule has 0 spiro atoms. The molecule has 64 heavy (non-hydrogen) atoms. The Morgan fingerprint density at radius 3 is 2.25 bits per heavy atom. The van der Waals surface area contributed by atoms with Crippen molar-refractivity contribution in [2.24, 2.45) is 35.3 Å². The Balaban J connectivity index is 2.18. The molecule has 0 saturated carbocycles. The number of esters is 2. The molecule has 2 fully saturated rings. The number of hydrogen-bond donors (Lipinski definition) is 3. The maximum absolute atomic E-state index is 14.5. The second kappa shape index (κ2) is 23.8. The lowest BCUT2D eigenvalue weighted by molar-refractivity contribution is -0.298. The van der Waals surface area contributed by atoms with Crippen LogP contribution in [0.3, 0.4) is 0 Å². The van der Waals surface area contributed by atoms with Gasteiger partial charge in [0.15, 0.2) is 11.9 Å². The second-order valence-corrected chi connectivity index (χ2v) is 18.8. The average Bonchev–Trinajstić information content (AvgIpc) is 3.23. The zero-order chi connectivity index (χ0) is 48.3. The van der Waals surface area contributed by atoms with Crippen molar-refractivity contribution in [2.45, 2.75) is 168 Å². The van der Waals surface area contributed by atoms with Crippen LogP contribution >= 0.6 is 0 Å². The number of hydrogen-bond acceptors (Lipinski definition) is 16. The molecule has 4 N–H and O–H groups in total. The molecule has 0 unspecified atom stereocenters. The van der Waals surface area contributed by atoms with Crippen molar-refractivity contribution >= 4 is 36.4 Å². The van der Waals surface area contributed by atoms with Gasteiger partial charge in [-0.1, -0.05) is 79.7 Å². The molecule has 3 heterocycles. The van der Waals surface area contributed by atoms with Crippen molar-refractivity contribution in [3.05, 3.63) is 42.0 Å². The lowest BCUT2D eigenvalue weighted by Crippen LogP contribution is -2.63. The smallest absolute Gasteiger partial charge is 0.408 e. The van der Waals surface area contributed by atoms with Crippen molar-refractivity contribution < 1.29 is 57.5 Å². The van der Waals surface area contributed by atoms with E-state index in [1.165, 1.54) is 13.8 Å². The highest BCUT2D eigenvalue weighted by atomic mass is 16.7. The van der Waals surface area contributed by atoms with Crippen molar-refractivity contribution in [2.75, 3.05) is 20.6 Å². The summed E-state index contributed by atoms with van der Waals surface area (Å²) in [6.45, 7) is 20.7. The summed E-state index contributed by atoms with van der Waals surface area (Å²) in [7, 11) is 3.66. The number of rotatable bonds is 14. The molecule has 1 amide bonds. The molecule has 1 aromatic rings. The SMILES string of the molecule is CC[C@H]1OC(=O)[C@H](C)[C@@H](OC(=O)C(C)C)[C@H](C)[C@@H](O[C@@H]2O[C@H](C)C[C@H](N(C)C)[C@H]2O)[C@](C)(OC(=O)NC/C=C/C=C/c2cnc(C(C)C)nc2)C[C@@H](C)C(=O)[C@H](C)[C@@H](N)[C@]1(C)OC=O. The van der Waals surface area contributed by atoms with Crippen LogP contribution < -0.4 is 11.1 Å². The standard InChI is InChI=1S/C47H75N5O12/c1-15-35-47(12,59-25-53)39(48)30(8)36(54)28(6)22-46(11,64-45(58)49-20-18-16-17-19-33-23-50-41(26(2)3)51-24-33)40(63-44-37(55)34(52(13)14)21-29(7)60-44)31(9)38(32(10)43(57)61-35)62-42(56)27(4)5/h16-19,23-32,34-35,37-40,44,55H,15,20-22,48H2,1-14H3,(H,49,58)/b18-16+,19-17+/t28-,29-,30+,31+,32-,34+,35-,37-,38+,39-,40-,44+,46-,47-/m1/s1. The van der Waals surface area contributed by atoms with Crippen LogP contribution in [-0.2, 0) is 47.6 Å². The molecule has 0 aromatic carbocycles. The highest BCUT2D eigenvalue weighted by molar-refractivity contribution is 5.84. The van der Waals surface area contributed by atoms with Gasteiger partial charge < -0.3 is 49.5 Å². The first kappa shape index (κ1) is 54.0. The Kier molecular flexibility index (Phi) is 20.1. The van der Waals surface area contributed by atoms with E-state index in [2.05, 4.69) is 15.3 Å². The van der Waals surface area contributed by atoms with Crippen LogP contribution in [0.2, 0.25) is 0 Å². The zero-order valence-corrected chi connectivity index (χ0v) is 40.3. The van der Waals surface area contributed by atoms with Gasteiger partial charge in [-0.3, -0.25) is 19.2 Å². The van der Waals surface area contributed by atoms with Crippen LogP contribution in [0.4, 0.5) is 4.79 Å². The molecule has 360 valence electrons. The Hall–Kier alpha value is -4.29. The summed E-state index contributed by atoms with van der Waals surface area (Å²) in [6, 6.07) is -1.56. The van der Waals surface area contributed by atoms with Gasteiger partial charge in [-0.15, -0.1) is 0 Å². The van der Waals surface area contributed by atoms with E-state index in [1.807, 2.05) is 45.8 Å². The Bertz CT molecular complexity index is 1770. The van der Waals surface area contributed by atoms with Gasteiger partial charge in [0.25, 0.3) is 6.47 Å². The summed E-state index contributed by atoms with van der Waals surface area (Å²) in [4.78, 5) is 78.9. The number of nitrogens with zero attached hydrogens (tertiary/aromatic N) is 3. The number of carbonyl (C=O) groups excluding carboxylic acids is 5. The van der Waals surface area contributed by atoms with E-state index in [9.17, 15) is 29.1 Å². The molecule has 1 aromatic heterocycles. The summed E-state index contributed by atoms with van der Waals surface area (Å²) < 4.78 is 37.2. The van der Waals surface area contributed by atoms with Gasteiger partial charge in [-0.25, -0.2) is 14.8 Å². The van der Waals surface area contributed by atoms with E-state index in [0.29, 0.717) is 6.42 Å². The first-order valence-electron chi connectivity index (χ1n) is 22.5.